The Morgan fingerprint density at radius 3 is 2.42 bits per heavy atom. The minimum absolute atomic E-state index is 0.0193. The molecule has 0 radical (unpaired) electrons. The molecule has 6 heteroatoms. The van der Waals surface area contributed by atoms with Crippen LogP contribution in [0, 0.1) is 5.92 Å². The molecule has 1 aliphatic carbocycles. The van der Waals surface area contributed by atoms with Gasteiger partial charge in [0.1, 0.15) is 0 Å². The van der Waals surface area contributed by atoms with Crippen LogP contribution in [0.1, 0.15) is 32.1 Å². The van der Waals surface area contributed by atoms with Crippen LogP contribution in [-0.4, -0.2) is 54.2 Å². The number of hydrogen-bond acceptors (Lipinski definition) is 3. The van der Waals surface area contributed by atoms with Gasteiger partial charge >= 0.3 is 12.0 Å². The van der Waals surface area contributed by atoms with Crippen molar-refractivity contribution in [2.24, 2.45) is 5.92 Å². The van der Waals surface area contributed by atoms with E-state index in [1.54, 1.807) is 0 Å². The van der Waals surface area contributed by atoms with E-state index in [1.807, 2.05) is 0 Å². The summed E-state index contributed by atoms with van der Waals surface area (Å²) in [5, 5.41) is 14.6. The molecule has 0 bridgehead atoms. The zero-order valence-corrected chi connectivity index (χ0v) is 11.4. The highest BCUT2D eigenvalue weighted by molar-refractivity contribution is 5.76. The molecule has 1 aliphatic heterocycles. The fourth-order valence-electron chi connectivity index (χ4n) is 2.57. The molecule has 2 rings (SSSR count). The molecule has 19 heavy (non-hydrogen) atoms. The lowest BCUT2D eigenvalue weighted by Gasteiger charge is -2.30. The summed E-state index contributed by atoms with van der Waals surface area (Å²) in [5.74, 6) is -0.504. The monoisotopic (exact) mass is 269 g/mol. The van der Waals surface area contributed by atoms with Crippen molar-refractivity contribution in [2.75, 3.05) is 20.1 Å². The molecule has 3 N–H and O–H groups in total. The first kappa shape index (κ1) is 14.1. The predicted molar refractivity (Wildman–Crippen MR) is 71.0 cm³/mol. The average Bonchev–Trinajstić information content (AvgIpc) is 3.14. The number of likely N-dealkylation sites (tertiary alicyclic amines) is 1. The number of carboxylic acid groups (broad SMARTS) is 1. The Morgan fingerprint density at radius 2 is 1.89 bits per heavy atom. The third-order valence-electron chi connectivity index (χ3n) is 3.96. The number of aliphatic carboxylic acids is 1. The van der Waals surface area contributed by atoms with E-state index < -0.39 is 5.97 Å². The van der Waals surface area contributed by atoms with Gasteiger partial charge in [-0.25, -0.2) is 4.79 Å². The molecule has 2 amide bonds. The molecule has 0 aromatic heterocycles. The van der Waals surface area contributed by atoms with E-state index in [1.165, 1.54) is 0 Å². The van der Waals surface area contributed by atoms with Crippen molar-refractivity contribution in [1.82, 2.24) is 15.5 Å². The summed E-state index contributed by atoms with van der Waals surface area (Å²) < 4.78 is 0. The van der Waals surface area contributed by atoms with Crippen LogP contribution < -0.4 is 10.6 Å². The highest BCUT2D eigenvalue weighted by atomic mass is 16.4. The molecule has 0 spiro atoms. The van der Waals surface area contributed by atoms with Gasteiger partial charge < -0.3 is 20.6 Å². The number of nitrogens with zero attached hydrogens (tertiary/aromatic N) is 1. The summed E-state index contributed by atoms with van der Waals surface area (Å²) in [5.41, 5.74) is 0. The van der Waals surface area contributed by atoms with E-state index in [9.17, 15) is 9.59 Å². The van der Waals surface area contributed by atoms with Crippen LogP contribution in [0.2, 0.25) is 0 Å². The molecule has 1 saturated carbocycles. The maximum Gasteiger partial charge on any atom is 0.315 e. The fraction of sp³-hybridized carbons (Fsp3) is 0.846. The van der Waals surface area contributed by atoms with Crippen molar-refractivity contribution in [3.8, 4) is 0 Å². The molecule has 1 saturated heterocycles. The van der Waals surface area contributed by atoms with Crippen molar-refractivity contribution < 1.29 is 14.7 Å². The summed E-state index contributed by atoms with van der Waals surface area (Å²) in [6, 6.07) is -0.225. The number of carbonyl (C=O) groups is 2. The van der Waals surface area contributed by atoms with Crippen LogP contribution in [-0.2, 0) is 4.79 Å². The molecular weight excluding hydrogens is 246 g/mol. The Bertz CT molecular complexity index is 336. The number of piperidine rings is 1. The second-order valence-corrected chi connectivity index (χ2v) is 5.74. The molecule has 2 fully saturated rings. The third-order valence-corrected chi connectivity index (χ3v) is 3.96. The van der Waals surface area contributed by atoms with Gasteiger partial charge in [0.2, 0.25) is 0 Å². The summed E-state index contributed by atoms with van der Waals surface area (Å²) >= 11 is 0. The minimum atomic E-state index is -0.850. The zero-order chi connectivity index (χ0) is 13.8. The topological polar surface area (TPSA) is 81.7 Å². The summed E-state index contributed by atoms with van der Waals surface area (Å²) in [6.45, 7) is 1.98. The highest BCUT2D eigenvalue weighted by Crippen LogP contribution is 2.34. The average molecular weight is 269 g/mol. The first-order chi connectivity index (χ1) is 9.04. The number of carboxylic acids is 1. The van der Waals surface area contributed by atoms with Crippen LogP contribution in [0.3, 0.4) is 0 Å². The van der Waals surface area contributed by atoms with Crippen LogP contribution in [0.15, 0.2) is 0 Å². The number of rotatable bonds is 5. The lowest BCUT2D eigenvalue weighted by Crippen LogP contribution is -2.50. The molecule has 0 aromatic carbocycles. The molecule has 6 nitrogen and oxygen atoms in total. The summed E-state index contributed by atoms with van der Waals surface area (Å²) in [7, 11) is 2.08. The van der Waals surface area contributed by atoms with Gasteiger partial charge in [-0.05, 0) is 51.7 Å². The largest absolute Gasteiger partial charge is 0.481 e. The number of amides is 2. The molecule has 1 atom stereocenters. The second-order valence-electron chi connectivity index (χ2n) is 5.74. The van der Waals surface area contributed by atoms with Gasteiger partial charge in [0, 0.05) is 12.1 Å². The lowest BCUT2D eigenvalue weighted by molar-refractivity contribution is -0.137. The first-order valence-corrected chi connectivity index (χ1v) is 7.02. The minimum Gasteiger partial charge on any atom is -0.481 e. The number of nitrogens with one attached hydrogen (secondary N) is 2. The van der Waals surface area contributed by atoms with Crippen molar-refractivity contribution >= 4 is 12.0 Å². The second kappa shape index (κ2) is 6.23. The molecule has 108 valence electrons. The smallest absolute Gasteiger partial charge is 0.315 e. The first-order valence-electron chi connectivity index (χ1n) is 7.02. The number of carbonyl (C=O) groups excluding carboxylic acids is 1. The van der Waals surface area contributed by atoms with Crippen LogP contribution in [0.25, 0.3) is 0 Å². The number of urea groups is 1. The van der Waals surface area contributed by atoms with Crippen molar-refractivity contribution in [3.63, 3.8) is 0 Å². The normalized spacial score (nSPS) is 22.8. The number of hydrogen-bond donors (Lipinski definition) is 3. The molecular formula is C13H23N3O3. The van der Waals surface area contributed by atoms with E-state index in [-0.39, 0.29) is 24.5 Å². The van der Waals surface area contributed by atoms with Crippen LogP contribution >= 0.6 is 0 Å². The molecule has 2 aliphatic rings. The Balaban J connectivity index is 1.74. The van der Waals surface area contributed by atoms with Crippen molar-refractivity contribution in [3.05, 3.63) is 0 Å². The summed E-state index contributed by atoms with van der Waals surface area (Å²) in [6.07, 6.45) is 3.97. The SMILES string of the molecule is CN1CCC(NC(=O)NC(CC(=O)O)C2CC2)CC1. The predicted octanol–water partition coefficient (Wildman–Crippen LogP) is 0.633. The highest BCUT2D eigenvalue weighted by Gasteiger charge is 2.34. The van der Waals surface area contributed by atoms with Gasteiger partial charge in [0.05, 0.1) is 6.42 Å². The van der Waals surface area contributed by atoms with E-state index in [4.69, 9.17) is 5.11 Å². The standard InChI is InChI=1S/C13H23N3O3/c1-16-6-4-10(5-7-16)14-13(19)15-11(8-12(17)18)9-2-3-9/h9-11H,2-8H2,1H3,(H,17,18)(H2,14,15,19). The van der Waals surface area contributed by atoms with Gasteiger partial charge in [-0.3, -0.25) is 4.79 Å². The molecule has 1 unspecified atom stereocenters. The van der Waals surface area contributed by atoms with E-state index in [2.05, 4.69) is 22.6 Å². The van der Waals surface area contributed by atoms with Crippen LogP contribution in [0.5, 0.6) is 0 Å². The quantitative estimate of drug-likeness (QED) is 0.684. The molecule has 1 heterocycles. The summed E-state index contributed by atoms with van der Waals surface area (Å²) in [4.78, 5) is 24.9. The lowest BCUT2D eigenvalue weighted by atomic mass is 10.1. The van der Waals surface area contributed by atoms with E-state index in [0.717, 1.165) is 38.8 Å². The van der Waals surface area contributed by atoms with Gasteiger partial charge in [0.25, 0.3) is 0 Å². The zero-order valence-electron chi connectivity index (χ0n) is 11.4. The van der Waals surface area contributed by atoms with E-state index in [0.29, 0.717) is 5.92 Å². The maximum absolute atomic E-state index is 11.9. The third kappa shape index (κ3) is 4.70. The van der Waals surface area contributed by atoms with Crippen molar-refractivity contribution in [2.45, 2.75) is 44.2 Å². The molecule has 0 aromatic rings. The van der Waals surface area contributed by atoms with Gasteiger partial charge in [-0.1, -0.05) is 0 Å². The Morgan fingerprint density at radius 1 is 1.26 bits per heavy atom. The van der Waals surface area contributed by atoms with Gasteiger partial charge in [-0.15, -0.1) is 0 Å². The Kier molecular flexibility index (Phi) is 4.63. The fourth-order valence-corrected chi connectivity index (χ4v) is 2.57. The Hall–Kier alpha value is -1.30. The maximum atomic E-state index is 11.9. The van der Waals surface area contributed by atoms with E-state index >= 15 is 0 Å². The Labute approximate surface area is 113 Å². The van der Waals surface area contributed by atoms with Gasteiger partial charge in [-0.2, -0.15) is 0 Å². The van der Waals surface area contributed by atoms with Crippen molar-refractivity contribution in [1.29, 1.82) is 0 Å². The van der Waals surface area contributed by atoms with Gasteiger partial charge in [0.15, 0.2) is 0 Å². The van der Waals surface area contributed by atoms with Crippen LogP contribution in [0.4, 0.5) is 4.79 Å².